The van der Waals surface area contributed by atoms with Gasteiger partial charge in [-0.1, -0.05) is 70.4 Å². The molecule has 3 aromatic carbocycles. The molecule has 162 valence electrons. The highest BCUT2D eigenvalue weighted by Crippen LogP contribution is 2.27. The third-order valence-electron chi connectivity index (χ3n) is 4.53. The molecule has 3 rings (SSSR count). The molecule has 31 heavy (non-hydrogen) atoms. The van der Waals surface area contributed by atoms with Gasteiger partial charge in [0, 0.05) is 6.92 Å². The molecule has 0 radical (unpaired) electrons. The average molecular weight is 459 g/mol. The molecule has 0 aliphatic heterocycles. The predicted molar refractivity (Wildman–Crippen MR) is 117 cm³/mol. The highest BCUT2D eigenvalue weighted by atomic mass is 32.3. The van der Waals surface area contributed by atoms with Gasteiger partial charge in [-0.2, -0.15) is 0 Å². The minimum atomic E-state index is -4.45. The number of carbonyl (C=O) groups is 1. The molecule has 7 nitrogen and oxygen atoms in total. The Labute approximate surface area is 182 Å². The summed E-state index contributed by atoms with van der Waals surface area (Å²) in [4.78, 5) is 11.5. The first kappa shape index (κ1) is 22.7. The van der Waals surface area contributed by atoms with Crippen LogP contribution in [0, 0.1) is 0 Å². The van der Waals surface area contributed by atoms with Crippen molar-refractivity contribution in [3.05, 3.63) is 96.6 Å². The molecule has 0 aliphatic rings. The van der Waals surface area contributed by atoms with E-state index in [0.717, 1.165) is 0 Å². The molecule has 0 fully saturated rings. The van der Waals surface area contributed by atoms with Crippen molar-refractivity contribution >= 4 is 26.0 Å². The number of hydrogen-bond acceptors (Lipinski definition) is 5. The van der Waals surface area contributed by atoms with Crippen LogP contribution in [0.5, 0.6) is 0 Å². The number of nitrogens with one attached hydrogen (secondary N) is 1. The van der Waals surface area contributed by atoms with Gasteiger partial charge in [-0.15, -0.1) is 0 Å². The van der Waals surface area contributed by atoms with Crippen LogP contribution >= 0.6 is 0 Å². The number of carbonyl (C=O) groups excluding carboxylic acids is 1. The third kappa shape index (κ3) is 5.19. The van der Waals surface area contributed by atoms with E-state index in [1.807, 2.05) is 0 Å². The number of rotatable bonds is 8. The summed E-state index contributed by atoms with van der Waals surface area (Å²) in [5, 5.41) is 2.66. The van der Waals surface area contributed by atoms with Crippen LogP contribution in [-0.2, 0) is 24.8 Å². The fraction of sp³-hybridized carbons (Fsp3) is 0.136. The molecular formula is C22H22N2O5S2. The fourth-order valence-electron chi connectivity index (χ4n) is 3.06. The maximum Gasteiger partial charge on any atom is 0.256 e. The van der Waals surface area contributed by atoms with Crippen LogP contribution in [0.15, 0.2) is 101 Å². The SMILES string of the molecule is CC(=O)NC(CN(S(=O)(=O)c1ccccc1)S(=O)(=O)c1ccccc1)c1ccccc1. The highest BCUT2D eigenvalue weighted by molar-refractivity contribution is 8.04. The van der Waals surface area contributed by atoms with Gasteiger partial charge in [0.25, 0.3) is 20.0 Å². The third-order valence-corrected chi connectivity index (χ3v) is 8.81. The smallest absolute Gasteiger partial charge is 0.256 e. The first-order valence-electron chi connectivity index (χ1n) is 9.43. The van der Waals surface area contributed by atoms with Crippen LogP contribution in [0.4, 0.5) is 0 Å². The topological polar surface area (TPSA) is 101 Å². The first-order valence-corrected chi connectivity index (χ1v) is 12.3. The van der Waals surface area contributed by atoms with Crippen LogP contribution in [0.25, 0.3) is 0 Å². The van der Waals surface area contributed by atoms with Gasteiger partial charge in [-0.25, -0.2) is 16.8 Å². The summed E-state index contributed by atoms with van der Waals surface area (Å²) in [6.45, 7) is 0.787. The number of sulfonamides is 2. The van der Waals surface area contributed by atoms with E-state index in [1.165, 1.54) is 55.5 Å². The van der Waals surface area contributed by atoms with Crippen LogP contribution < -0.4 is 5.32 Å². The van der Waals surface area contributed by atoms with Crippen molar-refractivity contribution in [2.75, 3.05) is 6.54 Å². The summed E-state index contributed by atoms with van der Waals surface area (Å²) in [7, 11) is -8.90. The highest BCUT2D eigenvalue weighted by Gasteiger charge is 2.38. The van der Waals surface area contributed by atoms with Gasteiger partial charge in [-0.3, -0.25) is 4.79 Å². The molecule has 3 aromatic rings. The van der Waals surface area contributed by atoms with Gasteiger partial charge >= 0.3 is 0 Å². The number of amides is 1. The van der Waals surface area contributed by atoms with Crippen molar-refractivity contribution in [3.8, 4) is 0 Å². The molecule has 1 N–H and O–H groups in total. The standard InChI is InChI=1S/C22H22N2O5S2/c1-18(25)23-22(19-11-5-2-6-12-19)17-24(30(26,27)20-13-7-3-8-14-20)31(28,29)21-15-9-4-10-16-21/h2-16,22H,17H2,1H3,(H,23,25). The second kappa shape index (κ2) is 9.42. The Morgan fingerprint density at radius 3 is 1.52 bits per heavy atom. The summed E-state index contributed by atoms with van der Waals surface area (Å²) in [6.07, 6.45) is 0. The Morgan fingerprint density at radius 2 is 1.13 bits per heavy atom. The monoisotopic (exact) mass is 458 g/mol. The molecule has 0 heterocycles. The number of nitrogens with zero attached hydrogens (tertiary/aromatic N) is 1. The molecule has 0 spiro atoms. The van der Waals surface area contributed by atoms with Crippen LogP contribution in [0.1, 0.15) is 18.5 Å². The van der Waals surface area contributed by atoms with E-state index in [4.69, 9.17) is 0 Å². The Kier molecular flexibility index (Phi) is 6.89. The lowest BCUT2D eigenvalue weighted by Crippen LogP contribution is -2.43. The van der Waals surface area contributed by atoms with E-state index in [1.54, 1.807) is 42.5 Å². The Morgan fingerprint density at radius 1 is 0.742 bits per heavy atom. The first-order chi connectivity index (χ1) is 14.7. The molecule has 1 amide bonds. The Hall–Kier alpha value is -3.01. The maximum atomic E-state index is 13.4. The normalized spacial score (nSPS) is 13.0. The minimum absolute atomic E-state index is 0.163. The van der Waals surface area contributed by atoms with Gasteiger partial charge in [0.2, 0.25) is 5.91 Å². The van der Waals surface area contributed by atoms with Crippen LogP contribution in [0.2, 0.25) is 0 Å². The molecule has 9 heteroatoms. The molecule has 0 saturated carbocycles. The van der Waals surface area contributed by atoms with Crippen LogP contribution in [0.3, 0.4) is 0 Å². The van der Waals surface area contributed by atoms with Crippen molar-refractivity contribution in [3.63, 3.8) is 0 Å². The molecule has 0 aliphatic carbocycles. The van der Waals surface area contributed by atoms with E-state index in [-0.39, 0.29) is 9.79 Å². The zero-order valence-corrected chi connectivity index (χ0v) is 18.4. The van der Waals surface area contributed by atoms with E-state index in [0.29, 0.717) is 9.27 Å². The lowest BCUT2D eigenvalue weighted by atomic mass is 10.1. The van der Waals surface area contributed by atoms with E-state index in [2.05, 4.69) is 5.32 Å². The van der Waals surface area contributed by atoms with Crippen molar-refractivity contribution in [1.82, 2.24) is 9.03 Å². The Balaban J connectivity index is 2.15. The molecular weight excluding hydrogens is 436 g/mol. The number of hydrogen-bond donors (Lipinski definition) is 1. The maximum absolute atomic E-state index is 13.4. The summed E-state index contributed by atoms with van der Waals surface area (Å²) in [6, 6.07) is 22.4. The van der Waals surface area contributed by atoms with E-state index < -0.39 is 38.5 Å². The zero-order valence-electron chi connectivity index (χ0n) is 16.7. The minimum Gasteiger partial charge on any atom is -0.348 e. The van der Waals surface area contributed by atoms with Crippen molar-refractivity contribution in [1.29, 1.82) is 0 Å². The predicted octanol–water partition coefficient (Wildman–Crippen LogP) is 2.94. The van der Waals surface area contributed by atoms with Crippen LogP contribution in [-0.4, -0.2) is 33.0 Å². The van der Waals surface area contributed by atoms with E-state index >= 15 is 0 Å². The lowest BCUT2D eigenvalue weighted by molar-refractivity contribution is -0.119. The molecule has 1 atom stereocenters. The summed E-state index contributed by atoms with van der Waals surface area (Å²) in [5.74, 6) is -0.414. The second-order valence-corrected chi connectivity index (χ2v) is 10.7. The molecule has 0 saturated heterocycles. The van der Waals surface area contributed by atoms with Crippen molar-refractivity contribution < 1.29 is 21.6 Å². The van der Waals surface area contributed by atoms with Gasteiger partial charge in [0.1, 0.15) is 0 Å². The molecule has 1 unspecified atom stereocenters. The summed E-state index contributed by atoms with van der Waals surface area (Å²) >= 11 is 0. The molecule has 0 aromatic heterocycles. The quantitative estimate of drug-likeness (QED) is 0.559. The summed E-state index contributed by atoms with van der Waals surface area (Å²) in [5.41, 5.74) is 0.578. The average Bonchev–Trinajstić information content (AvgIpc) is 2.78. The fourth-order valence-corrected chi connectivity index (χ4v) is 6.77. The molecule has 0 bridgehead atoms. The lowest BCUT2D eigenvalue weighted by Gasteiger charge is -2.27. The van der Waals surface area contributed by atoms with Gasteiger partial charge in [-0.05, 0) is 29.8 Å². The van der Waals surface area contributed by atoms with Gasteiger partial charge in [0.05, 0.1) is 22.4 Å². The zero-order chi connectivity index (χ0) is 22.5. The van der Waals surface area contributed by atoms with E-state index in [9.17, 15) is 21.6 Å². The van der Waals surface area contributed by atoms with Crippen molar-refractivity contribution in [2.24, 2.45) is 0 Å². The van der Waals surface area contributed by atoms with Crippen molar-refractivity contribution in [2.45, 2.75) is 22.8 Å². The largest absolute Gasteiger partial charge is 0.348 e. The summed E-state index contributed by atoms with van der Waals surface area (Å²) < 4.78 is 54.2. The number of benzene rings is 3. The van der Waals surface area contributed by atoms with Gasteiger partial charge in [0.15, 0.2) is 0 Å². The van der Waals surface area contributed by atoms with Gasteiger partial charge < -0.3 is 5.32 Å². The second-order valence-electron chi connectivity index (χ2n) is 6.76. The Bertz CT molecular complexity index is 1160.